The lowest BCUT2D eigenvalue weighted by Crippen LogP contribution is -2.15. The van der Waals surface area contributed by atoms with E-state index in [-0.39, 0.29) is 11.9 Å². The van der Waals surface area contributed by atoms with Crippen LogP contribution in [0.25, 0.3) is 0 Å². The molecule has 26 heavy (non-hydrogen) atoms. The van der Waals surface area contributed by atoms with Crippen LogP contribution in [0, 0.1) is 5.82 Å². The third kappa shape index (κ3) is 3.18. The molecule has 1 aliphatic rings. The van der Waals surface area contributed by atoms with E-state index in [1.165, 1.54) is 6.07 Å². The van der Waals surface area contributed by atoms with Crippen LogP contribution in [0.3, 0.4) is 0 Å². The van der Waals surface area contributed by atoms with Crippen LogP contribution >= 0.6 is 0 Å². The molecule has 1 atom stereocenters. The number of anilines is 1. The van der Waals surface area contributed by atoms with Gasteiger partial charge in [0, 0.05) is 12.0 Å². The number of benzene rings is 3. The Labute approximate surface area is 152 Å². The van der Waals surface area contributed by atoms with Crippen molar-refractivity contribution < 1.29 is 9.13 Å². The van der Waals surface area contributed by atoms with Gasteiger partial charge in [0.25, 0.3) is 0 Å². The van der Waals surface area contributed by atoms with Crippen molar-refractivity contribution in [3.05, 3.63) is 89.7 Å². The van der Waals surface area contributed by atoms with Gasteiger partial charge in [0.05, 0.1) is 30.2 Å². The molecule has 0 amide bonds. The first-order valence-corrected chi connectivity index (χ1v) is 8.56. The number of nitrogens with one attached hydrogen (secondary N) is 1. The van der Waals surface area contributed by atoms with Crippen molar-refractivity contribution >= 4 is 17.1 Å². The van der Waals surface area contributed by atoms with Gasteiger partial charge in [-0.05, 0) is 42.0 Å². The summed E-state index contributed by atoms with van der Waals surface area (Å²) in [5.74, 6) is 0.543. The predicted molar refractivity (Wildman–Crippen MR) is 103 cm³/mol. The molecule has 0 aromatic heterocycles. The molecular weight excluding hydrogens is 327 g/mol. The van der Waals surface area contributed by atoms with Crippen molar-refractivity contribution in [2.75, 3.05) is 12.4 Å². The monoisotopic (exact) mass is 346 g/mol. The molecule has 3 aromatic rings. The second kappa shape index (κ2) is 7.00. The topological polar surface area (TPSA) is 33.6 Å². The molecule has 0 saturated carbocycles. The van der Waals surface area contributed by atoms with E-state index in [9.17, 15) is 4.39 Å². The van der Waals surface area contributed by atoms with Gasteiger partial charge in [0.1, 0.15) is 11.6 Å². The zero-order valence-corrected chi connectivity index (χ0v) is 14.4. The Bertz CT molecular complexity index is 968. The summed E-state index contributed by atoms with van der Waals surface area (Å²) in [4.78, 5) is 4.90. The summed E-state index contributed by atoms with van der Waals surface area (Å²) in [6.07, 6.45) is 0.624. The highest BCUT2D eigenvalue weighted by atomic mass is 19.1. The number of para-hydroxylation sites is 3. The highest BCUT2D eigenvalue weighted by Crippen LogP contribution is 2.36. The Balaban J connectivity index is 1.83. The van der Waals surface area contributed by atoms with E-state index in [1.54, 1.807) is 19.2 Å². The smallest absolute Gasteiger partial charge is 0.127 e. The van der Waals surface area contributed by atoms with E-state index in [2.05, 4.69) is 5.32 Å². The Morgan fingerprint density at radius 3 is 2.65 bits per heavy atom. The number of halogens is 1. The van der Waals surface area contributed by atoms with E-state index in [1.807, 2.05) is 54.6 Å². The van der Waals surface area contributed by atoms with Crippen LogP contribution in [0.2, 0.25) is 0 Å². The average molecular weight is 346 g/mol. The number of hydrogen-bond donors (Lipinski definition) is 1. The Morgan fingerprint density at radius 1 is 1.00 bits per heavy atom. The maximum Gasteiger partial charge on any atom is 0.127 e. The molecule has 1 N–H and O–H groups in total. The minimum absolute atomic E-state index is 0.0852. The lowest BCUT2D eigenvalue weighted by atomic mass is 9.96. The molecule has 4 rings (SSSR count). The first-order valence-electron chi connectivity index (χ1n) is 8.56. The van der Waals surface area contributed by atoms with Crippen LogP contribution < -0.4 is 10.1 Å². The van der Waals surface area contributed by atoms with Crippen LogP contribution in [0.1, 0.15) is 23.6 Å². The molecule has 0 saturated heterocycles. The van der Waals surface area contributed by atoms with Gasteiger partial charge in [-0.3, -0.25) is 4.99 Å². The van der Waals surface area contributed by atoms with E-state index in [4.69, 9.17) is 9.73 Å². The van der Waals surface area contributed by atoms with Crippen molar-refractivity contribution in [2.24, 2.45) is 4.99 Å². The van der Waals surface area contributed by atoms with Crippen molar-refractivity contribution in [3.8, 4) is 5.75 Å². The largest absolute Gasteiger partial charge is 0.496 e. The van der Waals surface area contributed by atoms with Gasteiger partial charge in [-0.15, -0.1) is 0 Å². The third-order valence-corrected chi connectivity index (χ3v) is 4.56. The van der Waals surface area contributed by atoms with Gasteiger partial charge in [0.2, 0.25) is 0 Å². The summed E-state index contributed by atoms with van der Waals surface area (Å²) < 4.78 is 19.3. The summed E-state index contributed by atoms with van der Waals surface area (Å²) in [5, 5.41) is 3.52. The number of aliphatic imine (C=N–C) groups is 1. The minimum atomic E-state index is -0.238. The van der Waals surface area contributed by atoms with E-state index < -0.39 is 0 Å². The van der Waals surface area contributed by atoms with Crippen LogP contribution in [-0.4, -0.2) is 12.8 Å². The molecule has 1 aliphatic heterocycles. The van der Waals surface area contributed by atoms with Crippen LogP contribution in [0.5, 0.6) is 5.75 Å². The zero-order valence-electron chi connectivity index (χ0n) is 14.4. The van der Waals surface area contributed by atoms with Crippen LogP contribution in [-0.2, 0) is 0 Å². The molecule has 0 radical (unpaired) electrons. The van der Waals surface area contributed by atoms with Crippen molar-refractivity contribution in [1.29, 1.82) is 0 Å². The standard InChI is InChI=1S/C22H19FN2O/c1-26-22-12-5-2-9-17(22)21-14-20(15-7-6-8-16(23)13-15)24-18-10-3-4-11-19(18)25-21/h2-13,20,24H,14H2,1H3. The second-order valence-electron chi connectivity index (χ2n) is 6.23. The predicted octanol–water partition coefficient (Wildman–Crippen LogP) is 5.51. The molecule has 4 heteroatoms. The summed E-state index contributed by atoms with van der Waals surface area (Å²) >= 11 is 0. The number of hydrogen-bond acceptors (Lipinski definition) is 3. The fourth-order valence-corrected chi connectivity index (χ4v) is 3.29. The number of rotatable bonds is 3. The van der Waals surface area contributed by atoms with Crippen molar-refractivity contribution in [2.45, 2.75) is 12.5 Å². The van der Waals surface area contributed by atoms with Gasteiger partial charge >= 0.3 is 0 Å². The van der Waals surface area contributed by atoms with E-state index in [0.717, 1.165) is 34.0 Å². The molecule has 3 aromatic carbocycles. The Hall–Kier alpha value is -3.14. The summed E-state index contributed by atoms with van der Waals surface area (Å²) in [6.45, 7) is 0. The molecule has 0 bridgehead atoms. The van der Waals surface area contributed by atoms with E-state index >= 15 is 0 Å². The van der Waals surface area contributed by atoms with Crippen molar-refractivity contribution in [1.82, 2.24) is 0 Å². The fourth-order valence-electron chi connectivity index (χ4n) is 3.29. The van der Waals surface area contributed by atoms with Gasteiger partial charge in [-0.2, -0.15) is 0 Å². The molecular formula is C22H19FN2O. The molecule has 1 unspecified atom stereocenters. The van der Waals surface area contributed by atoms with E-state index in [0.29, 0.717) is 6.42 Å². The van der Waals surface area contributed by atoms with Gasteiger partial charge in [-0.25, -0.2) is 4.39 Å². The summed E-state index contributed by atoms with van der Waals surface area (Å²) in [6, 6.07) is 22.4. The van der Waals surface area contributed by atoms with Gasteiger partial charge in [0.15, 0.2) is 0 Å². The first-order chi connectivity index (χ1) is 12.7. The highest BCUT2D eigenvalue weighted by molar-refractivity contribution is 6.06. The van der Waals surface area contributed by atoms with Gasteiger partial charge < -0.3 is 10.1 Å². The minimum Gasteiger partial charge on any atom is -0.496 e. The molecule has 0 aliphatic carbocycles. The molecule has 1 heterocycles. The Morgan fingerprint density at radius 2 is 1.81 bits per heavy atom. The fraction of sp³-hybridized carbons (Fsp3) is 0.136. The second-order valence-corrected chi connectivity index (χ2v) is 6.23. The number of ether oxygens (including phenoxy) is 1. The van der Waals surface area contributed by atoms with Gasteiger partial charge in [-0.1, -0.05) is 36.4 Å². The molecule has 3 nitrogen and oxygen atoms in total. The number of nitrogens with zero attached hydrogens (tertiary/aromatic N) is 1. The number of fused-ring (bicyclic) bond motifs is 1. The quantitative estimate of drug-likeness (QED) is 0.678. The maximum atomic E-state index is 13.8. The normalized spacial score (nSPS) is 16.1. The van der Waals surface area contributed by atoms with Crippen molar-refractivity contribution in [3.63, 3.8) is 0 Å². The lowest BCUT2D eigenvalue weighted by Gasteiger charge is -2.20. The lowest BCUT2D eigenvalue weighted by molar-refractivity contribution is 0.414. The SMILES string of the molecule is COc1ccccc1C1=Nc2ccccc2NC(c2cccc(F)c2)C1. The average Bonchev–Trinajstić information content (AvgIpc) is 2.87. The summed E-state index contributed by atoms with van der Waals surface area (Å²) in [5.41, 5.74) is 4.56. The molecule has 0 spiro atoms. The van der Waals surface area contributed by atoms with Crippen LogP contribution in [0.4, 0.5) is 15.8 Å². The zero-order chi connectivity index (χ0) is 17.9. The summed E-state index contributed by atoms with van der Waals surface area (Å²) in [7, 11) is 1.66. The molecule has 130 valence electrons. The Kier molecular flexibility index (Phi) is 4.40. The number of methoxy groups -OCH3 is 1. The highest BCUT2D eigenvalue weighted by Gasteiger charge is 2.22. The first kappa shape index (κ1) is 16.3. The third-order valence-electron chi connectivity index (χ3n) is 4.56. The van der Waals surface area contributed by atoms with Crippen LogP contribution in [0.15, 0.2) is 77.8 Å². The molecule has 0 fully saturated rings. The maximum absolute atomic E-state index is 13.8.